The van der Waals surface area contributed by atoms with E-state index in [1.165, 1.54) is 34.6 Å². The lowest BCUT2D eigenvalue weighted by Crippen LogP contribution is -2.48. The van der Waals surface area contributed by atoms with Crippen molar-refractivity contribution in [3.05, 3.63) is 49.1 Å². The SMILES string of the molecule is C=C(C)C(=O)OC1(C)CCOC1=O.C=C(C)C(=O)OCC(=O)OC1(C)C2CC3C(=O)OC1C3C2.C=C(C)C(=O)OCC(=O)OC1(C)CCOC1=O.C=CC(=O)OCC(=O)OC1(C)CCOC1=O. The normalized spacial score (nSPS) is 28.8. The molecule has 0 aromatic carbocycles. The Labute approximate surface area is 385 Å². The Morgan fingerprint density at radius 3 is 1.34 bits per heavy atom. The first-order chi connectivity index (χ1) is 31.1. The zero-order valence-corrected chi connectivity index (χ0v) is 38.5. The molecule has 22 nitrogen and oxygen atoms in total. The molecule has 67 heavy (non-hydrogen) atoms. The molecule has 0 aromatic heterocycles. The van der Waals surface area contributed by atoms with Gasteiger partial charge in [0, 0.05) is 53.9 Å². The molecule has 0 amide bonds. The maximum atomic E-state index is 11.9. The molecule has 8 atom stereocenters. The smallest absolute Gasteiger partial charge is 0.350 e. The Balaban J connectivity index is 0.000000241. The molecule has 2 aliphatic carbocycles. The van der Waals surface area contributed by atoms with Crippen molar-refractivity contribution in [2.45, 2.75) is 109 Å². The van der Waals surface area contributed by atoms with Gasteiger partial charge in [0.1, 0.15) is 11.7 Å². The van der Waals surface area contributed by atoms with E-state index >= 15 is 0 Å². The van der Waals surface area contributed by atoms with Gasteiger partial charge in [0.2, 0.25) is 16.8 Å². The third-order valence-electron chi connectivity index (χ3n) is 11.2. The van der Waals surface area contributed by atoms with Crippen molar-refractivity contribution >= 4 is 65.7 Å². The van der Waals surface area contributed by atoms with Crippen molar-refractivity contribution in [2.75, 3.05) is 39.6 Å². The average molecular weight is 949 g/mol. The van der Waals surface area contributed by atoms with E-state index < -0.39 is 102 Å². The standard InChI is InChI=1S/C15H18O6.C11H14O6.C10H12O6.C9H12O4/c1-7(2)13(17)19-6-11(16)21-15(3)8-4-9-10(5-8)14(18)20-12(9)15;1-7(2)9(13)16-6-8(12)17-11(3)4-5-15-10(11)14;1-3-7(11)15-6-8(12)16-10(2)4-5-14-9(10)13;1-6(2)7(10)13-9(3)4-5-12-8(9)11/h8-10,12H,1,4-6H2,2-3H3;1,4-6H2,2-3H3;3H,1,4-6H2,2H3;1,4-5H2,2-3H3. The number of cyclic esters (lactones) is 3. The van der Waals surface area contributed by atoms with Gasteiger partial charge in [-0.05, 0) is 61.3 Å². The largest absolute Gasteiger partial charge is 0.463 e. The van der Waals surface area contributed by atoms with Crippen LogP contribution in [0.5, 0.6) is 0 Å². The summed E-state index contributed by atoms with van der Waals surface area (Å²) in [7, 11) is 0. The van der Waals surface area contributed by atoms with Crippen LogP contribution in [0.25, 0.3) is 0 Å². The molecular weight excluding hydrogens is 892 g/mol. The third kappa shape index (κ3) is 14.1. The monoisotopic (exact) mass is 948 g/mol. The lowest BCUT2D eigenvalue weighted by atomic mass is 9.80. The Morgan fingerprint density at radius 2 is 0.970 bits per heavy atom. The van der Waals surface area contributed by atoms with Gasteiger partial charge in [0.25, 0.3) is 0 Å². The van der Waals surface area contributed by atoms with Crippen LogP contribution in [0.2, 0.25) is 0 Å². The van der Waals surface area contributed by atoms with Crippen LogP contribution >= 0.6 is 0 Å². The van der Waals surface area contributed by atoms with E-state index in [-0.39, 0.29) is 59.8 Å². The fourth-order valence-corrected chi connectivity index (χ4v) is 7.23. The van der Waals surface area contributed by atoms with E-state index in [4.69, 9.17) is 37.9 Å². The van der Waals surface area contributed by atoms with Crippen molar-refractivity contribution < 1.29 is 105 Å². The van der Waals surface area contributed by atoms with Crippen LogP contribution in [0.15, 0.2) is 49.1 Å². The highest BCUT2D eigenvalue weighted by atomic mass is 16.7. The molecule has 8 unspecified atom stereocenters. The summed E-state index contributed by atoms with van der Waals surface area (Å²) in [6.07, 6.45) is 3.11. The molecule has 6 rings (SSSR count). The topological polar surface area (TPSA) is 289 Å². The molecule has 4 saturated heterocycles. The average Bonchev–Trinajstić information content (AvgIpc) is 4.09. The predicted molar refractivity (Wildman–Crippen MR) is 222 cm³/mol. The van der Waals surface area contributed by atoms with Crippen molar-refractivity contribution in [3.63, 3.8) is 0 Å². The van der Waals surface area contributed by atoms with Crippen molar-refractivity contribution in [3.8, 4) is 0 Å². The number of esters is 11. The van der Waals surface area contributed by atoms with Crippen LogP contribution in [0.3, 0.4) is 0 Å². The molecule has 4 heterocycles. The minimum absolute atomic E-state index is 0.0342. The maximum Gasteiger partial charge on any atom is 0.350 e. The summed E-state index contributed by atoms with van der Waals surface area (Å²) in [5, 5.41) is 0. The van der Waals surface area contributed by atoms with Gasteiger partial charge < -0.3 is 52.1 Å². The van der Waals surface area contributed by atoms with Gasteiger partial charge in [-0.25, -0.2) is 47.9 Å². The Hall–Kier alpha value is -6.87. The minimum atomic E-state index is -1.27. The Morgan fingerprint density at radius 1 is 0.582 bits per heavy atom. The first-order valence-corrected chi connectivity index (χ1v) is 20.8. The van der Waals surface area contributed by atoms with Crippen molar-refractivity contribution in [1.82, 2.24) is 0 Å². The van der Waals surface area contributed by atoms with Crippen LogP contribution in [-0.2, 0) is 105 Å². The molecule has 368 valence electrons. The summed E-state index contributed by atoms with van der Waals surface area (Å²) in [4.78, 5) is 124. The second kappa shape index (κ2) is 22.6. The number of rotatable bonds is 14. The second-order valence-electron chi connectivity index (χ2n) is 16.9. The highest BCUT2D eigenvalue weighted by Crippen LogP contribution is 2.60. The van der Waals surface area contributed by atoms with E-state index in [0.29, 0.717) is 32.3 Å². The Bertz CT molecular complexity index is 2090. The zero-order chi connectivity index (χ0) is 50.7. The summed E-state index contributed by atoms with van der Waals surface area (Å²) >= 11 is 0. The maximum absolute atomic E-state index is 11.9. The lowest BCUT2D eigenvalue weighted by Gasteiger charge is -2.36. The van der Waals surface area contributed by atoms with E-state index in [1.807, 2.05) is 0 Å². The fraction of sp³-hybridized carbons (Fsp3) is 0.578. The van der Waals surface area contributed by atoms with Crippen LogP contribution in [-0.4, -0.2) is 134 Å². The molecule has 0 radical (unpaired) electrons. The first-order valence-electron chi connectivity index (χ1n) is 20.8. The summed E-state index contributed by atoms with van der Waals surface area (Å²) in [5.41, 5.74) is -3.77. The number of carbonyl (C=O) groups excluding carboxylic acids is 11. The molecule has 6 aliphatic rings. The van der Waals surface area contributed by atoms with Crippen molar-refractivity contribution in [1.29, 1.82) is 0 Å². The summed E-state index contributed by atoms with van der Waals surface area (Å²) < 4.78 is 53.6. The predicted octanol–water partition coefficient (Wildman–Crippen LogP) is 2.12. The molecule has 4 aliphatic heterocycles. The van der Waals surface area contributed by atoms with Gasteiger partial charge in [0.15, 0.2) is 19.8 Å². The van der Waals surface area contributed by atoms with Gasteiger partial charge in [-0.2, -0.15) is 0 Å². The van der Waals surface area contributed by atoms with Crippen LogP contribution < -0.4 is 0 Å². The molecule has 0 aromatic rings. The number of hydrogen-bond donors (Lipinski definition) is 0. The highest BCUT2D eigenvalue weighted by Gasteiger charge is 2.69. The molecule has 0 spiro atoms. The zero-order valence-electron chi connectivity index (χ0n) is 38.5. The van der Waals surface area contributed by atoms with Crippen LogP contribution in [0.4, 0.5) is 0 Å². The van der Waals surface area contributed by atoms with E-state index in [1.54, 1.807) is 13.8 Å². The molecule has 2 bridgehead atoms. The quantitative estimate of drug-likeness (QED) is 0.137. The van der Waals surface area contributed by atoms with Gasteiger partial charge in [-0.3, -0.25) is 4.79 Å². The minimum Gasteiger partial charge on any atom is -0.463 e. The summed E-state index contributed by atoms with van der Waals surface area (Å²) in [6, 6.07) is 0. The summed E-state index contributed by atoms with van der Waals surface area (Å²) in [6.45, 7) is 23.3. The van der Waals surface area contributed by atoms with Gasteiger partial charge >= 0.3 is 65.7 Å². The fourth-order valence-electron chi connectivity index (χ4n) is 7.23. The molecular formula is C45H56O22. The molecule has 22 heteroatoms. The van der Waals surface area contributed by atoms with E-state index in [9.17, 15) is 52.7 Å². The number of ether oxygens (including phenoxy) is 11. The first kappa shape index (κ1) is 54.5. The van der Waals surface area contributed by atoms with Crippen LogP contribution in [0, 0.1) is 17.8 Å². The highest BCUT2D eigenvalue weighted by molar-refractivity contribution is 5.92. The van der Waals surface area contributed by atoms with Crippen LogP contribution in [0.1, 0.15) is 80.6 Å². The number of hydrogen-bond acceptors (Lipinski definition) is 22. The molecule has 0 N–H and O–H groups in total. The van der Waals surface area contributed by atoms with Gasteiger partial charge in [-0.15, -0.1) is 0 Å². The molecule has 2 saturated carbocycles. The van der Waals surface area contributed by atoms with Crippen molar-refractivity contribution in [2.24, 2.45) is 17.8 Å². The summed E-state index contributed by atoms with van der Waals surface area (Å²) in [5.74, 6) is -6.39. The third-order valence-corrected chi connectivity index (χ3v) is 11.2. The molecule has 6 fully saturated rings. The number of carbonyl (C=O) groups is 11. The van der Waals surface area contributed by atoms with Gasteiger partial charge in [0.05, 0.1) is 25.7 Å². The number of fused-ring (bicyclic) bond motifs is 1. The van der Waals surface area contributed by atoms with E-state index in [2.05, 4.69) is 40.5 Å². The Kier molecular flexibility index (Phi) is 18.3. The van der Waals surface area contributed by atoms with E-state index in [0.717, 1.165) is 12.5 Å². The van der Waals surface area contributed by atoms with Gasteiger partial charge in [-0.1, -0.05) is 26.3 Å². The lowest BCUT2D eigenvalue weighted by molar-refractivity contribution is -0.184. The second-order valence-corrected chi connectivity index (χ2v) is 16.9.